The number of benzene rings is 2. The first-order valence-electron chi connectivity index (χ1n) is 12.4. The summed E-state index contributed by atoms with van der Waals surface area (Å²) >= 11 is 0. The summed E-state index contributed by atoms with van der Waals surface area (Å²) in [6.45, 7) is 6.55. The van der Waals surface area contributed by atoms with Crippen LogP contribution in [-0.4, -0.2) is 29.2 Å². The highest BCUT2D eigenvalue weighted by molar-refractivity contribution is 5.68. The number of carboxylic acid groups (broad SMARTS) is 1. The first-order chi connectivity index (χ1) is 17.3. The Labute approximate surface area is 212 Å². The van der Waals surface area contributed by atoms with Gasteiger partial charge >= 0.3 is 18.4 Å². The Morgan fingerprint density at radius 3 is 1.86 bits per heavy atom. The van der Waals surface area contributed by atoms with Gasteiger partial charge in [-0.15, -0.1) is 0 Å². The summed E-state index contributed by atoms with van der Waals surface area (Å²) < 4.78 is 80.2. The third-order valence-corrected chi connectivity index (χ3v) is 6.73. The molecular formula is C27H32F6N2O2. The third-order valence-electron chi connectivity index (χ3n) is 6.73. The van der Waals surface area contributed by atoms with Crippen molar-refractivity contribution in [3.63, 3.8) is 0 Å². The van der Waals surface area contributed by atoms with Crippen LogP contribution in [0.25, 0.3) is 0 Å². The van der Waals surface area contributed by atoms with Gasteiger partial charge in [0.25, 0.3) is 0 Å². The van der Waals surface area contributed by atoms with E-state index in [2.05, 4.69) is 11.0 Å². The minimum atomic E-state index is -5.01. The second kappa shape index (κ2) is 11.2. The van der Waals surface area contributed by atoms with E-state index in [4.69, 9.17) is 0 Å². The topological polar surface area (TPSA) is 43.8 Å². The molecule has 0 radical (unpaired) electrons. The lowest BCUT2D eigenvalue weighted by Crippen LogP contribution is -2.34. The Kier molecular flexibility index (Phi) is 8.70. The van der Waals surface area contributed by atoms with E-state index in [0.717, 1.165) is 61.3 Å². The number of amides is 1. The van der Waals surface area contributed by atoms with Gasteiger partial charge < -0.3 is 10.0 Å². The largest absolute Gasteiger partial charge is 0.465 e. The van der Waals surface area contributed by atoms with Crippen LogP contribution in [0.2, 0.25) is 0 Å². The molecule has 1 amide bonds. The van der Waals surface area contributed by atoms with E-state index >= 15 is 0 Å². The van der Waals surface area contributed by atoms with Crippen LogP contribution in [0.15, 0.2) is 30.3 Å². The lowest BCUT2D eigenvalue weighted by atomic mass is 9.96. The van der Waals surface area contributed by atoms with Crippen molar-refractivity contribution in [1.82, 2.24) is 4.90 Å². The molecule has 0 aromatic heterocycles. The molecule has 4 nitrogen and oxygen atoms in total. The molecule has 10 heteroatoms. The zero-order chi connectivity index (χ0) is 27.5. The molecule has 1 aliphatic carbocycles. The Balaban J connectivity index is 2.08. The van der Waals surface area contributed by atoms with Gasteiger partial charge in [-0.05, 0) is 85.5 Å². The van der Waals surface area contributed by atoms with E-state index < -0.39 is 42.2 Å². The van der Waals surface area contributed by atoms with E-state index in [0.29, 0.717) is 17.7 Å². The van der Waals surface area contributed by atoms with E-state index in [1.807, 2.05) is 19.9 Å². The lowest BCUT2D eigenvalue weighted by molar-refractivity contribution is -0.143. The van der Waals surface area contributed by atoms with Crippen molar-refractivity contribution in [3.8, 4) is 0 Å². The predicted octanol–water partition coefficient (Wildman–Crippen LogP) is 8.08. The smallest absolute Gasteiger partial charge is 0.416 e. The van der Waals surface area contributed by atoms with E-state index in [9.17, 15) is 36.2 Å². The third kappa shape index (κ3) is 6.70. The minimum Gasteiger partial charge on any atom is -0.465 e. The SMILES string of the molecule is CCCN(CCC)c1cc2c(cc1C(C)N(Cc1cc(C(F)(F)F)cc(C(F)(F)F)c1)C(=O)O)CCC2. The van der Waals surface area contributed by atoms with E-state index in [1.54, 1.807) is 6.92 Å². The minimum absolute atomic E-state index is 0.0456. The standard InChI is InChI=1S/C27H32F6N2O2/c1-4-9-34(10-5-2)24-14-20-8-6-7-19(20)13-23(24)17(3)35(25(36)37)16-18-11-21(26(28,29)30)15-22(12-18)27(31,32)33/h11-15,17H,4-10,16H2,1-3H3,(H,36,37). The number of hydrogen-bond donors (Lipinski definition) is 1. The maximum atomic E-state index is 13.4. The molecule has 1 aliphatic rings. The van der Waals surface area contributed by atoms with Gasteiger partial charge in [0.2, 0.25) is 0 Å². The van der Waals surface area contributed by atoms with Crippen molar-refractivity contribution in [2.45, 2.75) is 77.8 Å². The molecule has 3 rings (SSSR count). The number of carbonyl (C=O) groups is 1. The zero-order valence-corrected chi connectivity index (χ0v) is 21.1. The number of rotatable bonds is 9. The molecule has 0 saturated heterocycles. The predicted molar refractivity (Wildman–Crippen MR) is 130 cm³/mol. The summed E-state index contributed by atoms with van der Waals surface area (Å²) in [5, 5.41) is 10.0. The Bertz CT molecular complexity index is 1080. The Morgan fingerprint density at radius 1 is 0.892 bits per heavy atom. The fourth-order valence-corrected chi connectivity index (χ4v) is 4.98. The van der Waals surface area contributed by atoms with Crippen LogP contribution in [0, 0.1) is 0 Å². The van der Waals surface area contributed by atoms with E-state index in [1.165, 1.54) is 5.56 Å². The molecule has 0 bridgehead atoms. The molecule has 2 aromatic carbocycles. The van der Waals surface area contributed by atoms with Crippen molar-refractivity contribution < 1.29 is 36.2 Å². The van der Waals surface area contributed by atoms with Crippen LogP contribution >= 0.6 is 0 Å². The van der Waals surface area contributed by atoms with Gasteiger partial charge in [-0.25, -0.2) is 4.79 Å². The summed E-state index contributed by atoms with van der Waals surface area (Å²) in [5.74, 6) is 0. The second-order valence-electron chi connectivity index (χ2n) is 9.52. The maximum Gasteiger partial charge on any atom is 0.416 e. The monoisotopic (exact) mass is 530 g/mol. The number of aryl methyl sites for hydroxylation is 2. The highest BCUT2D eigenvalue weighted by Gasteiger charge is 2.37. The van der Waals surface area contributed by atoms with Gasteiger partial charge in [-0.1, -0.05) is 19.9 Å². The average Bonchev–Trinajstić information content (AvgIpc) is 3.27. The van der Waals surface area contributed by atoms with Gasteiger partial charge in [-0.2, -0.15) is 26.3 Å². The summed E-state index contributed by atoms with van der Waals surface area (Å²) in [6.07, 6.45) is -7.00. The van der Waals surface area contributed by atoms with Gasteiger partial charge in [0.05, 0.1) is 17.2 Å². The first kappa shape index (κ1) is 28.7. The van der Waals surface area contributed by atoms with Gasteiger partial charge in [-0.3, -0.25) is 4.90 Å². The van der Waals surface area contributed by atoms with Gasteiger partial charge in [0.15, 0.2) is 0 Å². The number of alkyl halides is 6. The normalized spacial score (nSPS) is 14.4. The molecular weight excluding hydrogens is 498 g/mol. The number of fused-ring (bicyclic) bond motifs is 1. The summed E-state index contributed by atoms with van der Waals surface area (Å²) in [5.41, 5.74) is 0.547. The van der Waals surface area contributed by atoms with Crippen molar-refractivity contribution in [1.29, 1.82) is 0 Å². The fourth-order valence-electron chi connectivity index (χ4n) is 4.98. The maximum absolute atomic E-state index is 13.4. The van der Waals surface area contributed by atoms with Gasteiger partial charge in [0, 0.05) is 25.3 Å². The van der Waals surface area contributed by atoms with Crippen LogP contribution in [0.3, 0.4) is 0 Å². The molecule has 2 aromatic rings. The van der Waals surface area contributed by atoms with Crippen molar-refractivity contribution in [2.24, 2.45) is 0 Å². The molecule has 1 unspecified atom stereocenters. The van der Waals surface area contributed by atoms with Crippen LogP contribution in [0.4, 0.5) is 36.8 Å². The van der Waals surface area contributed by atoms with Crippen LogP contribution in [0.5, 0.6) is 0 Å². The quantitative estimate of drug-likeness (QED) is 0.333. The van der Waals surface area contributed by atoms with Crippen molar-refractivity contribution in [2.75, 3.05) is 18.0 Å². The van der Waals surface area contributed by atoms with Crippen molar-refractivity contribution in [3.05, 3.63) is 63.7 Å². The Morgan fingerprint density at radius 2 is 1.41 bits per heavy atom. The first-order valence-corrected chi connectivity index (χ1v) is 12.4. The molecule has 1 atom stereocenters. The van der Waals surface area contributed by atoms with Crippen LogP contribution in [0.1, 0.15) is 79.5 Å². The molecule has 0 heterocycles. The summed E-state index contributed by atoms with van der Waals surface area (Å²) in [4.78, 5) is 15.4. The highest BCUT2D eigenvalue weighted by atomic mass is 19.4. The van der Waals surface area contributed by atoms with Crippen LogP contribution in [-0.2, 0) is 31.7 Å². The molecule has 0 saturated carbocycles. The molecule has 204 valence electrons. The lowest BCUT2D eigenvalue weighted by Gasteiger charge is -2.33. The van der Waals surface area contributed by atoms with E-state index in [-0.39, 0.29) is 11.6 Å². The molecule has 1 N–H and O–H groups in total. The number of hydrogen-bond acceptors (Lipinski definition) is 2. The zero-order valence-electron chi connectivity index (χ0n) is 21.1. The fraction of sp³-hybridized carbons (Fsp3) is 0.519. The molecule has 0 spiro atoms. The number of anilines is 1. The molecule has 0 aliphatic heterocycles. The summed E-state index contributed by atoms with van der Waals surface area (Å²) in [7, 11) is 0. The highest BCUT2D eigenvalue weighted by Crippen LogP contribution is 2.39. The van der Waals surface area contributed by atoms with Crippen molar-refractivity contribution >= 4 is 11.8 Å². The van der Waals surface area contributed by atoms with Gasteiger partial charge in [0.1, 0.15) is 0 Å². The number of nitrogens with zero attached hydrogens (tertiary/aromatic N) is 2. The number of halogens is 6. The second-order valence-corrected chi connectivity index (χ2v) is 9.52. The summed E-state index contributed by atoms with van der Waals surface area (Å²) in [6, 6.07) is 4.45. The average molecular weight is 531 g/mol. The Hall–Kier alpha value is -2.91. The molecule has 0 fully saturated rings. The molecule has 37 heavy (non-hydrogen) atoms. The van der Waals surface area contributed by atoms with Crippen LogP contribution < -0.4 is 4.90 Å².